The molecule has 0 aromatic carbocycles. The number of thiophene rings is 1. The number of rotatable bonds is 3. The fraction of sp³-hybridized carbons (Fsp3) is 0.583. The highest BCUT2D eigenvalue weighted by Crippen LogP contribution is 2.23. The van der Waals surface area contributed by atoms with Crippen LogP contribution in [0.25, 0.3) is 0 Å². The van der Waals surface area contributed by atoms with Crippen molar-refractivity contribution in [3.8, 4) is 0 Å². The van der Waals surface area contributed by atoms with Gasteiger partial charge in [-0.2, -0.15) is 0 Å². The van der Waals surface area contributed by atoms with Crippen LogP contribution in [0.3, 0.4) is 0 Å². The second-order valence-electron chi connectivity index (χ2n) is 4.72. The van der Waals surface area contributed by atoms with Gasteiger partial charge in [-0.1, -0.05) is 12.8 Å². The van der Waals surface area contributed by atoms with Crippen molar-refractivity contribution in [2.75, 3.05) is 0 Å². The standard InChI is InChI=1S/C12H17NO4S2/c13-19(15,16)11-7-9(8-18-11)12(14)17-10-5-3-1-2-4-6-10/h7-8,10H,1-6H2,(H2,13,15,16). The Morgan fingerprint density at radius 1 is 1.26 bits per heavy atom. The first-order valence-corrected chi connectivity index (χ1v) is 8.72. The predicted octanol–water partition coefficient (Wildman–Crippen LogP) is 2.28. The van der Waals surface area contributed by atoms with E-state index in [-0.39, 0.29) is 15.9 Å². The Balaban J connectivity index is 2.01. The molecule has 1 saturated carbocycles. The van der Waals surface area contributed by atoms with E-state index in [1.54, 1.807) is 0 Å². The average molecular weight is 303 g/mol. The zero-order valence-corrected chi connectivity index (χ0v) is 12.1. The number of nitrogens with two attached hydrogens (primary N) is 1. The average Bonchev–Trinajstić information content (AvgIpc) is 2.70. The van der Waals surface area contributed by atoms with Crippen LogP contribution in [0.1, 0.15) is 48.9 Å². The van der Waals surface area contributed by atoms with Crippen LogP contribution in [0.4, 0.5) is 0 Å². The van der Waals surface area contributed by atoms with E-state index in [0.29, 0.717) is 0 Å². The van der Waals surface area contributed by atoms with Crippen molar-refractivity contribution in [1.29, 1.82) is 0 Å². The number of esters is 1. The Kier molecular flexibility index (Phi) is 4.59. The molecule has 1 aliphatic carbocycles. The van der Waals surface area contributed by atoms with E-state index in [0.717, 1.165) is 37.0 Å². The van der Waals surface area contributed by atoms with E-state index in [2.05, 4.69) is 0 Å². The van der Waals surface area contributed by atoms with Crippen LogP contribution >= 0.6 is 11.3 Å². The molecule has 0 spiro atoms. The highest BCUT2D eigenvalue weighted by Gasteiger charge is 2.20. The third-order valence-corrected chi connectivity index (χ3v) is 5.55. The van der Waals surface area contributed by atoms with Crippen molar-refractivity contribution in [3.63, 3.8) is 0 Å². The molecule has 106 valence electrons. The minimum absolute atomic E-state index is 0.0136. The van der Waals surface area contributed by atoms with Gasteiger partial charge in [0.2, 0.25) is 10.0 Å². The lowest BCUT2D eigenvalue weighted by molar-refractivity contribution is 0.0268. The monoisotopic (exact) mass is 303 g/mol. The molecule has 1 aliphatic rings. The molecule has 5 nitrogen and oxygen atoms in total. The maximum Gasteiger partial charge on any atom is 0.339 e. The van der Waals surface area contributed by atoms with Gasteiger partial charge in [0, 0.05) is 5.38 Å². The van der Waals surface area contributed by atoms with Crippen LogP contribution in [0.2, 0.25) is 0 Å². The molecule has 1 fully saturated rings. The van der Waals surface area contributed by atoms with E-state index in [4.69, 9.17) is 9.88 Å². The fourth-order valence-electron chi connectivity index (χ4n) is 2.15. The fourth-order valence-corrected chi connectivity index (χ4v) is 3.73. The molecule has 0 radical (unpaired) electrons. The molecule has 2 rings (SSSR count). The molecule has 1 heterocycles. The highest BCUT2D eigenvalue weighted by molar-refractivity contribution is 7.91. The van der Waals surface area contributed by atoms with Gasteiger partial charge < -0.3 is 4.74 Å². The van der Waals surface area contributed by atoms with Crippen LogP contribution in [-0.2, 0) is 14.8 Å². The number of hydrogen-bond donors (Lipinski definition) is 1. The summed E-state index contributed by atoms with van der Waals surface area (Å²) in [6.07, 6.45) is 6.24. The zero-order valence-electron chi connectivity index (χ0n) is 10.5. The Morgan fingerprint density at radius 2 is 1.89 bits per heavy atom. The smallest absolute Gasteiger partial charge is 0.339 e. The first kappa shape index (κ1) is 14.5. The molecule has 0 amide bonds. The first-order chi connectivity index (χ1) is 8.97. The third kappa shape index (κ3) is 4.02. The van der Waals surface area contributed by atoms with E-state index >= 15 is 0 Å². The Labute approximate surface area is 116 Å². The van der Waals surface area contributed by atoms with E-state index < -0.39 is 16.0 Å². The largest absolute Gasteiger partial charge is 0.459 e. The van der Waals surface area contributed by atoms with E-state index in [1.165, 1.54) is 24.3 Å². The van der Waals surface area contributed by atoms with Gasteiger partial charge in [-0.15, -0.1) is 11.3 Å². The quantitative estimate of drug-likeness (QED) is 0.685. The first-order valence-electron chi connectivity index (χ1n) is 6.29. The molecule has 2 N–H and O–H groups in total. The number of carbonyl (C=O) groups is 1. The van der Waals surface area contributed by atoms with Crippen molar-refractivity contribution in [3.05, 3.63) is 17.0 Å². The molecular weight excluding hydrogens is 286 g/mol. The molecular formula is C12H17NO4S2. The van der Waals surface area contributed by atoms with Gasteiger partial charge >= 0.3 is 5.97 Å². The summed E-state index contributed by atoms with van der Waals surface area (Å²) in [5, 5.41) is 6.48. The lowest BCUT2D eigenvalue weighted by atomic mass is 10.1. The molecule has 0 saturated heterocycles. The second kappa shape index (κ2) is 6.02. The summed E-state index contributed by atoms with van der Waals surface area (Å²) in [4.78, 5) is 11.9. The minimum atomic E-state index is -3.74. The molecule has 0 aliphatic heterocycles. The number of ether oxygens (including phenoxy) is 1. The van der Waals surface area contributed by atoms with Crippen molar-refractivity contribution < 1.29 is 17.9 Å². The predicted molar refractivity (Wildman–Crippen MR) is 72.6 cm³/mol. The summed E-state index contributed by atoms with van der Waals surface area (Å²) < 4.78 is 27.7. The molecule has 0 bridgehead atoms. The Hall–Kier alpha value is -0.920. The lowest BCUT2D eigenvalue weighted by Crippen LogP contribution is -2.17. The van der Waals surface area contributed by atoms with E-state index in [1.807, 2.05) is 0 Å². The number of hydrogen-bond acceptors (Lipinski definition) is 5. The Bertz CT molecular complexity index is 542. The minimum Gasteiger partial charge on any atom is -0.459 e. The second-order valence-corrected chi connectivity index (χ2v) is 7.42. The molecule has 0 atom stereocenters. The SMILES string of the molecule is NS(=O)(=O)c1cc(C(=O)OC2CCCCCC2)cs1. The number of sulfonamides is 1. The maximum atomic E-state index is 11.9. The molecule has 19 heavy (non-hydrogen) atoms. The van der Waals surface area contributed by atoms with Gasteiger partial charge in [0.1, 0.15) is 10.3 Å². The summed E-state index contributed by atoms with van der Waals surface area (Å²) >= 11 is 0.937. The van der Waals surface area contributed by atoms with Gasteiger partial charge in [0.05, 0.1) is 5.56 Å². The van der Waals surface area contributed by atoms with Gasteiger partial charge in [-0.3, -0.25) is 0 Å². The zero-order chi connectivity index (χ0) is 13.9. The summed E-state index contributed by atoms with van der Waals surface area (Å²) in [6.45, 7) is 0. The van der Waals surface area contributed by atoms with Gasteiger partial charge in [0.25, 0.3) is 0 Å². The van der Waals surface area contributed by atoms with Crippen LogP contribution in [-0.4, -0.2) is 20.5 Å². The van der Waals surface area contributed by atoms with Gasteiger partial charge in [-0.05, 0) is 31.7 Å². The summed E-state index contributed by atoms with van der Waals surface area (Å²) in [6, 6.07) is 1.28. The van der Waals surface area contributed by atoms with Crippen LogP contribution < -0.4 is 5.14 Å². The van der Waals surface area contributed by atoms with Crippen LogP contribution in [0.5, 0.6) is 0 Å². The van der Waals surface area contributed by atoms with Gasteiger partial charge in [0.15, 0.2) is 0 Å². The normalized spacial score (nSPS) is 17.9. The summed E-state index contributed by atoms with van der Waals surface area (Å²) in [5.74, 6) is -0.460. The van der Waals surface area contributed by atoms with Crippen LogP contribution in [0.15, 0.2) is 15.7 Å². The summed E-state index contributed by atoms with van der Waals surface area (Å²) in [5.41, 5.74) is 0.262. The summed E-state index contributed by atoms with van der Waals surface area (Å²) in [7, 11) is -3.74. The van der Waals surface area contributed by atoms with Crippen LogP contribution in [0, 0.1) is 0 Å². The lowest BCUT2D eigenvalue weighted by Gasteiger charge is -2.14. The third-order valence-electron chi connectivity index (χ3n) is 3.17. The topological polar surface area (TPSA) is 86.5 Å². The van der Waals surface area contributed by atoms with Crippen molar-refractivity contribution >= 4 is 27.3 Å². The molecule has 7 heteroatoms. The maximum absolute atomic E-state index is 11.9. The van der Waals surface area contributed by atoms with Gasteiger partial charge in [-0.25, -0.2) is 18.4 Å². The molecule has 1 aromatic rings. The van der Waals surface area contributed by atoms with Crippen molar-refractivity contribution in [2.24, 2.45) is 5.14 Å². The molecule has 0 unspecified atom stereocenters. The number of carbonyl (C=O) groups excluding carboxylic acids is 1. The van der Waals surface area contributed by atoms with Crippen molar-refractivity contribution in [2.45, 2.75) is 48.8 Å². The van der Waals surface area contributed by atoms with Crippen molar-refractivity contribution in [1.82, 2.24) is 0 Å². The molecule has 1 aromatic heterocycles. The number of primary sulfonamides is 1. The highest BCUT2D eigenvalue weighted by atomic mass is 32.2. The Morgan fingerprint density at radius 3 is 2.42 bits per heavy atom. The van der Waals surface area contributed by atoms with E-state index in [9.17, 15) is 13.2 Å².